The molecule has 1 aromatic rings. The van der Waals surface area contributed by atoms with E-state index in [2.05, 4.69) is 17.9 Å². The van der Waals surface area contributed by atoms with Crippen molar-refractivity contribution in [2.24, 2.45) is 11.7 Å². The van der Waals surface area contributed by atoms with Gasteiger partial charge in [0.05, 0.1) is 10.4 Å². The van der Waals surface area contributed by atoms with Crippen LogP contribution in [0.2, 0.25) is 4.34 Å². The van der Waals surface area contributed by atoms with Gasteiger partial charge in [0.2, 0.25) is 0 Å². The van der Waals surface area contributed by atoms with E-state index >= 15 is 0 Å². The van der Waals surface area contributed by atoms with Gasteiger partial charge in [-0.15, -0.1) is 11.3 Å². The van der Waals surface area contributed by atoms with Gasteiger partial charge in [-0.25, -0.2) is 0 Å². The zero-order chi connectivity index (χ0) is 13.0. The Labute approximate surface area is 119 Å². The van der Waals surface area contributed by atoms with Gasteiger partial charge < -0.3 is 5.73 Å². The second-order valence-corrected chi connectivity index (χ2v) is 6.88. The van der Waals surface area contributed by atoms with Gasteiger partial charge in [-0.2, -0.15) is 0 Å². The molecule has 0 aromatic carbocycles. The van der Waals surface area contributed by atoms with E-state index in [1.54, 1.807) is 11.3 Å². The van der Waals surface area contributed by atoms with Gasteiger partial charge in [0.15, 0.2) is 0 Å². The number of hydrogen-bond acceptors (Lipinski definition) is 3. The molecule has 0 spiro atoms. The molecule has 18 heavy (non-hydrogen) atoms. The summed E-state index contributed by atoms with van der Waals surface area (Å²) < 4.78 is 0.865. The lowest BCUT2D eigenvalue weighted by Crippen LogP contribution is -2.34. The van der Waals surface area contributed by atoms with Crippen molar-refractivity contribution in [1.29, 1.82) is 0 Å². The SMILES string of the molecule is CCC1CCCN(C(CN)c2ccc(Cl)s2)CC1. The highest BCUT2D eigenvalue weighted by atomic mass is 35.5. The van der Waals surface area contributed by atoms with Crippen LogP contribution in [-0.2, 0) is 0 Å². The summed E-state index contributed by atoms with van der Waals surface area (Å²) in [5.74, 6) is 0.903. The topological polar surface area (TPSA) is 29.3 Å². The molecular formula is C14H23ClN2S. The highest BCUT2D eigenvalue weighted by molar-refractivity contribution is 7.16. The molecule has 2 unspecified atom stereocenters. The van der Waals surface area contributed by atoms with Crippen molar-refractivity contribution in [3.05, 3.63) is 21.3 Å². The summed E-state index contributed by atoms with van der Waals surface area (Å²) in [6, 6.07) is 4.47. The van der Waals surface area contributed by atoms with Crippen LogP contribution in [0.5, 0.6) is 0 Å². The molecule has 1 fully saturated rings. The molecule has 1 aliphatic heterocycles. The van der Waals surface area contributed by atoms with E-state index in [0.717, 1.165) is 10.3 Å². The maximum atomic E-state index is 6.04. The molecule has 2 N–H and O–H groups in total. The molecule has 1 aliphatic rings. The predicted octanol–water partition coefficient (Wildman–Crippen LogP) is 3.91. The summed E-state index contributed by atoms with van der Waals surface area (Å²) >= 11 is 7.71. The maximum Gasteiger partial charge on any atom is 0.0931 e. The molecule has 0 aliphatic carbocycles. The Hall–Kier alpha value is -0.0900. The number of thiophene rings is 1. The largest absolute Gasteiger partial charge is 0.329 e. The van der Waals surface area contributed by atoms with Crippen LogP contribution < -0.4 is 5.73 Å². The molecule has 102 valence electrons. The zero-order valence-corrected chi connectivity index (χ0v) is 12.6. The quantitative estimate of drug-likeness (QED) is 0.909. The molecule has 4 heteroatoms. The minimum absolute atomic E-state index is 0.359. The smallest absolute Gasteiger partial charge is 0.0931 e. The summed E-state index contributed by atoms with van der Waals surface area (Å²) in [4.78, 5) is 3.87. The van der Waals surface area contributed by atoms with Crippen molar-refractivity contribution in [2.45, 2.75) is 38.6 Å². The normalized spacial score (nSPS) is 23.8. The highest BCUT2D eigenvalue weighted by Crippen LogP contribution is 2.32. The van der Waals surface area contributed by atoms with Crippen molar-refractivity contribution in [3.8, 4) is 0 Å². The first-order valence-corrected chi connectivity index (χ1v) is 8.13. The van der Waals surface area contributed by atoms with Crippen LogP contribution in [0.15, 0.2) is 12.1 Å². The highest BCUT2D eigenvalue weighted by Gasteiger charge is 2.23. The fraction of sp³-hybridized carbons (Fsp3) is 0.714. The van der Waals surface area contributed by atoms with Gasteiger partial charge in [-0.3, -0.25) is 4.90 Å². The third-order valence-electron chi connectivity index (χ3n) is 4.05. The van der Waals surface area contributed by atoms with E-state index in [4.69, 9.17) is 17.3 Å². The molecule has 0 saturated carbocycles. The molecule has 2 rings (SSSR count). The van der Waals surface area contributed by atoms with Crippen LogP contribution in [0, 0.1) is 5.92 Å². The van der Waals surface area contributed by atoms with Crippen LogP contribution in [0.1, 0.15) is 43.5 Å². The third kappa shape index (κ3) is 3.47. The maximum absolute atomic E-state index is 6.04. The number of rotatable bonds is 4. The first-order valence-electron chi connectivity index (χ1n) is 6.94. The first-order chi connectivity index (χ1) is 8.74. The van der Waals surface area contributed by atoms with E-state index < -0.39 is 0 Å². The Morgan fingerprint density at radius 2 is 2.28 bits per heavy atom. The van der Waals surface area contributed by atoms with Crippen LogP contribution in [-0.4, -0.2) is 24.5 Å². The first kappa shape index (κ1) is 14.3. The average Bonchev–Trinajstić information content (AvgIpc) is 2.66. The Morgan fingerprint density at radius 3 is 2.89 bits per heavy atom. The minimum Gasteiger partial charge on any atom is -0.329 e. The van der Waals surface area contributed by atoms with E-state index in [0.29, 0.717) is 12.6 Å². The number of halogens is 1. The summed E-state index contributed by atoms with van der Waals surface area (Å²) in [5, 5.41) is 0. The Bertz CT molecular complexity index is 366. The zero-order valence-electron chi connectivity index (χ0n) is 11.1. The Kier molecular flexibility index (Phi) is 5.49. The predicted molar refractivity (Wildman–Crippen MR) is 80.3 cm³/mol. The lowest BCUT2D eigenvalue weighted by atomic mass is 9.98. The van der Waals surface area contributed by atoms with Gasteiger partial charge >= 0.3 is 0 Å². The van der Waals surface area contributed by atoms with Gasteiger partial charge in [0, 0.05) is 11.4 Å². The summed E-state index contributed by atoms with van der Waals surface area (Å²) in [7, 11) is 0. The fourth-order valence-electron chi connectivity index (χ4n) is 2.86. The number of nitrogens with two attached hydrogens (primary N) is 1. The number of nitrogens with zero attached hydrogens (tertiary/aromatic N) is 1. The van der Waals surface area contributed by atoms with E-state index in [9.17, 15) is 0 Å². The van der Waals surface area contributed by atoms with Crippen LogP contribution in [0.4, 0.5) is 0 Å². The molecule has 0 bridgehead atoms. The van der Waals surface area contributed by atoms with Crippen LogP contribution >= 0.6 is 22.9 Å². The van der Waals surface area contributed by atoms with Gasteiger partial charge in [-0.1, -0.05) is 24.9 Å². The van der Waals surface area contributed by atoms with Crippen molar-refractivity contribution >= 4 is 22.9 Å². The average molecular weight is 287 g/mol. The monoisotopic (exact) mass is 286 g/mol. The molecule has 2 nitrogen and oxygen atoms in total. The lowest BCUT2D eigenvalue weighted by molar-refractivity contribution is 0.209. The fourth-order valence-corrected chi connectivity index (χ4v) is 4.07. The minimum atomic E-state index is 0.359. The molecule has 1 saturated heterocycles. The standard InChI is InChI=1S/C14H23ClN2S/c1-2-11-4-3-8-17(9-7-11)12(10-16)13-5-6-14(15)18-13/h5-6,11-12H,2-4,7-10,16H2,1H3. The molecule has 0 amide bonds. The van der Waals surface area contributed by atoms with Crippen molar-refractivity contribution in [3.63, 3.8) is 0 Å². The molecule has 2 heterocycles. The van der Waals surface area contributed by atoms with Crippen molar-refractivity contribution in [2.75, 3.05) is 19.6 Å². The van der Waals surface area contributed by atoms with Crippen molar-refractivity contribution in [1.82, 2.24) is 4.90 Å². The summed E-state index contributed by atoms with van der Waals surface area (Å²) in [5.41, 5.74) is 5.98. The summed E-state index contributed by atoms with van der Waals surface area (Å²) in [6.07, 6.45) is 5.29. The Balaban J connectivity index is 2.03. The van der Waals surface area contributed by atoms with Crippen LogP contribution in [0.3, 0.4) is 0 Å². The number of hydrogen-bond donors (Lipinski definition) is 1. The van der Waals surface area contributed by atoms with Crippen molar-refractivity contribution < 1.29 is 0 Å². The molecule has 0 radical (unpaired) electrons. The van der Waals surface area contributed by atoms with Crippen LogP contribution in [0.25, 0.3) is 0 Å². The van der Waals surface area contributed by atoms with E-state index in [1.807, 2.05) is 6.07 Å². The van der Waals surface area contributed by atoms with Gasteiger partial charge in [0.1, 0.15) is 0 Å². The lowest BCUT2D eigenvalue weighted by Gasteiger charge is -2.29. The van der Waals surface area contributed by atoms with E-state index in [-0.39, 0.29) is 0 Å². The van der Waals surface area contributed by atoms with Gasteiger partial charge in [-0.05, 0) is 50.4 Å². The second-order valence-electron chi connectivity index (χ2n) is 5.13. The Morgan fingerprint density at radius 1 is 1.44 bits per heavy atom. The second kappa shape index (κ2) is 6.90. The third-order valence-corrected chi connectivity index (χ3v) is 5.38. The molecular weight excluding hydrogens is 264 g/mol. The summed E-state index contributed by atoms with van der Waals surface area (Å²) in [6.45, 7) is 5.34. The molecule has 2 atom stereocenters. The van der Waals surface area contributed by atoms with Gasteiger partial charge in [0.25, 0.3) is 0 Å². The number of likely N-dealkylation sites (tertiary alicyclic amines) is 1. The van der Waals surface area contributed by atoms with E-state index in [1.165, 1.54) is 43.6 Å². The molecule has 1 aromatic heterocycles.